The fourth-order valence-corrected chi connectivity index (χ4v) is 3.07. The van der Waals surface area contributed by atoms with E-state index in [-0.39, 0.29) is 5.75 Å². The first kappa shape index (κ1) is 14.2. The van der Waals surface area contributed by atoms with Crippen molar-refractivity contribution in [1.82, 2.24) is 0 Å². The van der Waals surface area contributed by atoms with Gasteiger partial charge < -0.3 is 10.4 Å². The molecule has 0 saturated heterocycles. The monoisotopic (exact) mass is 361 g/mol. The van der Waals surface area contributed by atoms with E-state index in [1.807, 2.05) is 48.5 Å². The van der Waals surface area contributed by atoms with Crippen molar-refractivity contribution < 1.29 is 5.11 Å². The molecule has 3 rings (SSSR count). The molecule has 0 saturated carbocycles. The summed E-state index contributed by atoms with van der Waals surface area (Å²) in [7, 11) is 0. The number of benzene rings is 3. The molecular weight excluding hydrogens is 350 g/mol. The minimum absolute atomic E-state index is 0.287. The predicted molar refractivity (Wildman–Crippen MR) is 92.1 cm³/mol. The van der Waals surface area contributed by atoms with Gasteiger partial charge in [-0.05, 0) is 35.0 Å². The fourth-order valence-electron chi connectivity index (χ4n) is 2.33. The molecule has 0 radical (unpaired) electrons. The van der Waals surface area contributed by atoms with Crippen LogP contribution >= 0.6 is 27.5 Å². The van der Waals surface area contributed by atoms with Crippen LogP contribution in [0.5, 0.6) is 5.75 Å². The third-order valence-corrected chi connectivity index (χ3v) is 4.21. The maximum Gasteiger partial charge on any atom is 0.121 e. The van der Waals surface area contributed by atoms with Crippen LogP contribution in [0.15, 0.2) is 59.1 Å². The van der Waals surface area contributed by atoms with E-state index in [0.29, 0.717) is 11.6 Å². The van der Waals surface area contributed by atoms with Gasteiger partial charge in [0.05, 0.1) is 10.7 Å². The molecule has 0 aromatic heterocycles. The van der Waals surface area contributed by atoms with Crippen LogP contribution in [0.25, 0.3) is 10.8 Å². The van der Waals surface area contributed by atoms with Crippen LogP contribution in [0.4, 0.5) is 5.69 Å². The number of phenols is 1. The number of halogens is 2. The van der Waals surface area contributed by atoms with Crippen molar-refractivity contribution in [3.05, 3.63) is 69.7 Å². The second kappa shape index (κ2) is 5.96. The van der Waals surface area contributed by atoms with Crippen molar-refractivity contribution in [2.75, 3.05) is 5.32 Å². The summed E-state index contributed by atoms with van der Waals surface area (Å²) in [6.07, 6.45) is 0. The van der Waals surface area contributed by atoms with Crippen molar-refractivity contribution in [3.8, 4) is 5.75 Å². The van der Waals surface area contributed by atoms with E-state index in [1.54, 1.807) is 6.07 Å². The summed E-state index contributed by atoms with van der Waals surface area (Å²) in [5.74, 6) is 0.287. The zero-order valence-corrected chi connectivity index (χ0v) is 13.4. The Kier molecular flexibility index (Phi) is 4.04. The summed E-state index contributed by atoms with van der Waals surface area (Å²) in [6.45, 7) is 0.508. The lowest BCUT2D eigenvalue weighted by molar-refractivity contribution is 0.470. The highest BCUT2D eigenvalue weighted by atomic mass is 79.9. The normalized spacial score (nSPS) is 10.8. The van der Waals surface area contributed by atoms with E-state index >= 15 is 0 Å². The third kappa shape index (κ3) is 2.99. The third-order valence-electron chi connectivity index (χ3n) is 3.40. The van der Waals surface area contributed by atoms with Gasteiger partial charge in [-0.3, -0.25) is 0 Å². The predicted octanol–water partition coefficient (Wildman–Crippen LogP) is 5.57. The molecule has 3 aromatic carbocycles. The quantitative estimate of drug-likeness (QED) is 0.638. The molecule has 0 amide bonds. The Labute approximate surface area is 136 Å². The SMILES string of the molecule is Oc1ccc2ccccc2c1CNc1ccc(Br)cc1Cl. The second-order valence-electron chi connectivity index (χ2n) is 4.76. The van der Waals surface area contributed by atoms with E-state index in [2.05, 4.69) is 21.2 Å². The van der Waals surface area contributed by atoms with Crippen molar-refractivity contribution in [3.63, 3.8) is 0 Å². The van der Waals surface area contributed by atoms with Crippen LogP contribution in [-0.4, -0.2) is 5.11 Å². The molecule has 0 aliphatic carbocycles. The molecule has 106 valence electrons. The maximum atomic E-state index is 10.1. The number of hydrogen-bond donors (Lipinski definition) is 2. The van der Waals surface area contributed by atoms with Crippen LogP contribution in [0.1, 0.15) is 5.56 Å². The summed E-state index contributed by atoms with van der Waals surface area (Å²) in [5, 5.41) is 16.2. The van der Waals surface area contributed by atoms with E-state index in [1.165, 1.54) is 0 Å². The largest absolute Gasteiger partial charge is 0.508 e. The molecule has 0 spiro atoms. The fraction of sp³-hybridized carbons (Fsp3) is 0.0588. The minimum Gasteiger partial charge on any atom is -0.508 e. The number of rotatable bonds is 3. The van der Waals surface area contributed by atoms with E-state index < -0.39 is 0 Å². The molecule has 0 aliphatic heterocycles. The average molecular weight is 363 g/mol. The molecule has 0 aliphatic rings. The lowest BCUT2D eigenvalue weighted by atomic mass is 10.0. The van der Waals surface area contributed by atoms with Gasteiger partial charge in [0.1, 0.15) is 5.75 Å². The lowest BCUT2D eigenvalue weighted by Gasteiger charge is -2.12. The Morgan fingerprint density at radius 2 is 1.86 bits per heavy atom. The van der Waals surface area contributed by atoms with Gasteiger partial charge >= 0.3 is 0 Å². The summed E-state index contributed by atoms with van der Waals surface area (Å²) in [6, 6.07) is 17.3. The van der Waals surface area contributed by atoms with Crippen LogP contribution in [-0.2, 0) is 6.54 Å². The minimum atomic E-state index is 0.287. The van der Waals surface area contributed by atoms with Gasteiger partial charge in [-0.25, -0.2) is 0 Å². The van der Waals surface area contributed by atoms with Crippen molar-refractivity contribution >= 4 is 44.0 Å². The van der Waals surface area contributed by atoms with Crippen molar-refractivity contribution in [1.29, 1.82) is 0 Å². The van der Waals surface area contributed by atoms with Crippen LogP contribution < -0.4 is 5.32 Å². The number of hydrogen-bond acceptors (Lipinski definition) is 2. The molecule has 0 atom stereocenters. The summed E-state index contributed by atoms with van der Waals surface area (Å²) >= 11 is 9.58. The van der Waals surface area contributed by atoms with Gasteiger partial charge in [0.25, 0.3) is 0 Å². The molecule has 2 nitrogen and oxygen atoms in total. The highest BCUT2D eigenvalue weighted by Crippen LogP contribution is 2.30. The number of anilines is 1. The van der Waals surface area contributed by atoms with Crippen LogP contribution in [0.2, 0.25) is 5.02 Å². The molecule has 21 heavy (non-hydrogen) atoms. The number of aromatic hydroxyl groups is 1. The smallest absolute Gasteiger partial charge is 0.121 e. The average Bonchev–Trinajstić information content (AvgIpc) is 2.48. The first-order chi connectivity index (χ1) is 10.1. The topological polar surface area (TPSA) is 32.3 Å². The molecule has 2 N–H and O–H groups in total. The van der Waals surface area contributed by atoms with Gasteiger partial charge in [0.15, 0.2) is 0 Å². The highest BCUT2D eigenvalue weighted by molar-refractivity contribution is 9.10. The summed E-state index contributed by atoms with van der Waals surface area (Å²) < 4.78 is 0.936. The Morgan fingerprint density at radius 1 is 1.05 bits per heavy atom. The lowest BCUT2D eigenvalue weighted by Crippen LogP contribution is -2.01. The molecule has 0 unspecified atom stereocenters. The first-order valence-corrected chi connectivity index (χ1v) is 7.71. The number of fused-ring (bicyclic) bond motifs is 1. The van der Waals surface area contributed by atoms with Gasteiger partial charge in [-0.15, -0.1) is 0 Å². The molecule has 3 aromatic rings. The molecule has 0 bridgehead atoms. The van der Waals surface area contributed by atoms with E-state index in [4.69, 9.17) is 11.6 Å². The molecule has 4 heteroatoms. The molecule has 0 heterocycles. The summed E-state index contributed by atoms with van der Waals surface area (Å²) in [4.78, 5) is 0. The number of nitrogens with one attached hydrogen (secondary N) is 1. The zero-order valence-electron chi connectivity index (χ0n) is 11.1. The standard InChI is InChI=1S/C17H13BrClNO/c18-12-6-7-16(15(19)9-12)20-10-14-13-4-2-1-3-11(13)5-8-17(14)21/h1-9,20-21H,10H2. The Bertz CT molecular complexity index is 804. The van der Waals surface area contributed by atoms with E-state index in [9.17, 15) is 5.11 Å². The van der Waals surface area contributed by atoms with Crippen LogP contribution in [0.3, 0.4) is 0 Å². The van der Waals surface area contributed by atoms with Gasteiger partial charge in [0, 0.05) is 16.6 Å². The first-order valence-electron chi connectivity index (χ1n) is 6.53. The zero-order chi connectivity index (χ0) is 14.8. The Morgan fingerprint density at radius 3 is 2.67 bits per heavy atom. The molecular formula is C17H13BrClNO. The highest BCUT2D eigenvalue weighted by Gasteiger charge is 2.08. The summed E-state index contributed by atoms with van der Waals surface area (Å²) in [5.41, 5.74) is 1.71. The number of phenolic OH excluding ortho intramolecular Hbond substituents is 1. The maximum absolute atomic E-state index is 10.1. The van der Waals surface area contributed by atoms with Crippen LogP contribution in [0, 0.1) is 0 Å². The van der Waals surface area contributed by atoms with Gasteiger partial charge in [-0.2, -0.15) is 0 Å². The molecule has 0 fully saturated rings. The van der Waals surface area contributed by atoms with E-state index in [0.717, 1.165) is 26.5 Å². The van der Waals surface area contributed by atoms with Crippen molar-refractivity contribution in [2.45, 2.75) is 6.54 Å². The van der Waals surface area contributed by atoms with Crippen molar-refractivity contribution in [2.24, 2.45) is 0 Å². The Balaban J connectivity index is 1.93. The Hall–Kier alpha value is -1.71. The van der Waals surface area contributed by atoms with Gasteiger partial charge in [0.2, 0.25) is 0 Å². The van der Waals surface area contributed by atoms with Gasteiger partial charge in [-0.1, -0.05) is 57.9 Å². The second-order valence-corrected chi connectivity index (χ2v) is 6.08.